The van der Waals surface area contributed by atoms with Gasteiger partial charge in [0.2, 0.25) is 0 Å². The summed E-state index contributed by atoms with van der Waals surface area (Å²) in [5.41, 5.74) is 6.35. The van der Waals surface area contributed by atoms with E-state index in [-0.39, 0.29) is 11.5 Å². The van der Waals surface area contributed by atoms with Crippen LogP contribution in [0.15, 0.2) is 60.7 Å². The first-order chi connectivity index (χ1) is 16.6. The molecule has 4 rings (SSSR count). The van der Waals surface area contributed by atoms with Gasteiger partial charge in [-0.05, 0) is 47.2 Å². The number of hydrogen-bond donors (Lipinski definition) is 2. The first kappa shape index (κ1) is 23.3. The molecule has 3 aromatic carbocycles. The number of rotatable bonds is 9. The molecule has 1 atom stereocenters. The van der Waals surface area contributed by atoms with Gasteiger partial charge < -0.3 is 10.1 Å². The van der Waals surface area contributed by atoms with Crippen LogP contribution in [0.4, 0.5) is 0 Å². The lowest BCUT2D eigenvalue weighted by Gasteiger charge is -2.18. The first-order valence-corrected chi connectivity index (χ1v) is 11.9. The van der Waals surface area contributed by atoms with E-state index in [2.05, 4.69) is 49.2 Å². The predicted octanol–water partition coefficient (Wildman–Crippen LogP) is 7.07. The first-order valence-electron chi connectivity index (χ1n) is 11.9. The number of benzene rings is 3. The Bertz CT molecular complexity index is 1350. The third kappa shape index (κ3) is 4.58. The smallest absolute Gasteiger partial charge is 0.337 e. The molecule has 0 aliphatic carbocycles. The average Bonchev–Trinajstić information content (AvgIpc) is 3.29. The summed E-state index contributed by atoms with van der Waals surface area (Å²) in [6.07, 6.45) is 4.93. The normalized spacial score (nSPS) is 11.9. The molecule has 0 bridgehead atoms. The summed E-state index contributed by atoms with van der Waals surface area (Å²) < 4.78 is 0. The number of carboxylic acid groups (broad SMARTS) is 1. The molecule has 1 aromatic heterocycles. The quantitative estimate of drug-likeness (QED) is 0.266. The maximum Gasteiger partial charge on any atom is 0.337 e. The van der Waals surface area contributed by atoms with Crippen LogP contribution in [0.2, 0.25) is 0 Å². The summed E-state index contributed by atoms with van der Waals surface area (Å²) in [7, 11) is 0. The maximum absolute atomic E-state index is 11.9. The van der Waals surface area contributed by atoms with E-state index in [1.165, 1.54) is 0 Å². The second kappa shape index (κ2) is 10.4. The highest BCUT2D eigenvalue weighted by Gasteiger charge is 2.21. The fourth-order valence-electron chi connectivity index (χ4n) is 4.64. The van der Waals surface area contributed by atoms with Crippen LogP contribution < -0.4 is 0 Å². The molecule has 5 heteroatoms. The molecule has 0 fully saturated rings. The summed E-state index contributed by atoms with van der Waals surface area (Å²) in [4.78, 5) is 20.0. The number of nitriles is 1. The van der Waals surface area contributed by atoms with Gasteiger partial charge in [-0.2, -0.15) is 5.26 Å². The molecule has 5 nitrogen and oxygen atoms in total. The summed E-state index contributed by atoms with van der Waals surface area (Å²) >= 11 is 0. The van der Waals surface area contributed by atoms with E-state index in [4.69, 9.17) is 4.98 Å². The molecule has 4 aromatic rings. The Morgan fingerprint density at radius 3 is 2.50 bits per heavy atom. The Kier molecular flexibility index (Phi) is 7.08. The van der Waals surface area contributed by atoms with E-state index in [0.717, 1.165) is 65.7 Å². The molecule has 0 aliphatic heterocycles. The van der Waals surface area contributed by atoms with Gasteiger partial charge in [0.1, 0.15) is 5.82 Å². The number of aromatic amines is 1. The van der Waals surface area contributed by atoms with Crippen molar-refractivity contribution < 1.29 is 9.90 Å². The molecule has 0 saturated heterocycles. The SMILES string of the molecule is CCCCCc1nc2c(C(CC)c3ccc(-c4ccccc4C#N)cc3)ccc(C(=O)O)c2[nH]1. The van der Waals surface area contributed by atoms with Gasteiger partial charge in [-0.25, -0.2) is 9.78 Å². The lowest BCUT2D eigenvalue weighted by atomic mass is 9.86. The summed E-state index contributed by atoms with van der Waals surface area (Å²) in [6, 6.07) is 21.8. The van der Waals surface area contributed by atoms with E-state index in [1.807, 2.05) is 30.3 Å². The van der Waals surface area contributed by atoms with E-state index in [0.29, 0.717) is 11.1 Å². The standard InChI is InChI=1S/C29H29N3O2/c1-3-5-6-11-26-31-27-24(16-17-25(29(33)34)28(27)32-26)22(4-2)19-12-14-20(15-13-19)23-10-8-7-9-21(23)18-30/h7-10,12-17,22H,3-6,11H2,1-2H3,(H,31,32)(H,33,34). The Balaban J connectivity index is 1.74. The highest BCUT2D eigenvalue weighted by Crippen LogP contribution is 2.35. The van der Waals surface area contributed by atoms with Crippen molar-refractivity contribution in [2.45, 2.75) is 51.9 Å². The number of nitrogens with zero attached hydrogens (tertiary/aromatic N) is 2. The van der Waals surface area contributed by atoms with Gasteiger partial charge in [0.25, 0.3) is 0 Å². The molecule has 0 radical (unpaired) electrons. The van der Waals surface area contributed by atoms with Crippen molar-refractivity contribution in [3.8, 4) is 17.2 Å². The maximum atomic E-state index is 11.9. The second-order valence-electron chi connectivity index (χ2n) is 8.61. The number of carboxylic acids is 1. The van der Waals surface area contributed by atoms with Crippen LogP contribution in [0.3, 0.4) is 0 Å². The van der Waals surface area contributed by atoms with Gasteiger partial charge in [0.15, 0.2) is 0 Å². The fraction of sp³-hybridized carbons (Fsp3) is 0.276. The summed E-state index contributed by atoms with van der Waals surface area (Å²) in [6.45, 7) is 4.30. The van der Waals surface area contributed by atoms with Gasteiger partial charge >= 0.3 is 5.97 Å². The van der Waals surface area contributed by atoms with Crippen molar-refractivity contribution in [1.82, 2.24) is 9.97 Å². The highest BCUT2D eigenvalue weighted by atomic mass is 16.4. The summed E-state index contributed by atoms with van der Waals surface area (Å²) in [5, 5.41) is 19.2. The molecular weight excluding hydrogens is 422 g/mol. The van der Waals surface area contributed by atoms with Gasteiger partial charge in [-0.3, -0.25) is 0 Å². The number of aryl methyl sites for hydroxylation is 1. The highest BCUT2D eigenvalue weighted by molar-refractivity contribution is 6.02. The predicted molar refractivity (Wildman–Crippen MR) is 135 cm³/mol. The van der Waals surface area contributed by atoms with Gasteiger partial charge in [-0.1, -0.05) is 75.2 Å². The third-order valence-electron chi connectivity index (χ3n) is 6.43. The lowest BCUT2D eigenvalue weighted by molar-refractivity contribution is 0.0699. The molecular formula is C29H29N3O2. The van der Waals surface area contributed by atoms with Crippen LogP contribution in [-0.2, 0) is 6.42 Å². The van der Waals surface area contributed by atoms with Crippen LogP contribution in [0.5, 0.6) is 0 Å². The van der Waals surface area contributed by atoms with Crippen molar-refractivity contribution in [3.63, 3.8) is 0 Å². The van der Waals surface area contributed by atoms with Crippen molar-refractivity contribution in [2.24, 2.45) is 0 Å². The number of H-pyrrole nitrogens is 1. The van der Waals surface area contributed by atoms with E-state index in [1.54, 1.807) is 6.07 Å². The Labute approximate surface area is 200 Å². The number of hydrogen-bond acceptors (Lipinski definition) is 3. The topological polar surface area (TPSA) is 89.8 Å². The number of aromatic carboxylic acids is 1. The third-order valence-corrected chi connectivity index (χ3v) is 6.43. The number of nitrogens with one attached hydrogen (secondary N) is 1. The average molecular weight is 452 g/mol. The number of fused-ring (bicyclic) bond motifs is 1. The minimum absolute atomic E-state index is 0.0809. The molecule has 2 N–H and O–H groups in total. The summed E-state index contributed by atoms with van der Waals surface area (Å²) in [5.74, 6) is -0.0250. The van der Waals surface area contributed by atoms with Crippen LogP contribution >= 0.6 is 0 Å². The molecule has 34 heavy (non-hydrogen) atoms. The van der Waals surface area contributed by atoms with Gasteiger partial charge in [0, 0.05) is 12.3 Å². The number of aromatic nitrogens is 2. The number of imidazole rings is 1. The second-order valence-corrected chi connectivity index (χ2v) is 8.61. The number of unbranched alkanes of at least 4 members (excludes halogenated alkanes) is 2. The number of carbonyl (C=O) groups is 1. The minimum Gasteiger partial charge on any atom is -0.478 e. The Hall–Kier alpha value is -3.91. The van der Waals surface area contributed by atoms with E-state index < -0.39 is 5.97 Å². The Morgan fingerprint density at radius 1 is 1.06 bits per heavy atom. The molecule has 172 valence electrons. The zero-order valence-electron chi connectivity index (χ0n) is 19.6. The fourth-order valence-corrected chi connectivity index (χ4v) is 4.64. The molecule has 1 unspecified atom stereocenters. The van der Waals surface area contributed by atoms with E-state index in [9.17, 15) is 15.2 Å². The molecule has 0 amide bonds. The van der Waals surface area contributed by atoms with Gasteiger partial charge in [0.05, 0.1) is 28.2 Å². The molecule has 0 saturated carbocycles. The molecule has 1 heterocycles. The largest absolute Gasteiger partial charge is 0.478 e. The minimum atomic E-state index is -0.950. The van der Waals surface area contributed by atoms with Crippen molar-refractivity contribution in [1.29, 1.82) is 5.26 Å². The van der Waals surface area contributed by atoms with Crippen molar-refractivity contribution in [3.05, 3.63) is 88.7 Å². The van der Waals surface area contributed by atoms with Crippen LogP contribution in [-0.4, -0.2) is 21.0 Å². The zero-order chi connectivity index (χ0) is 24.1. The lowest BCUT2D eigenvalue weighted by Crippen LogP contribution is -2.04. The van der Waals surface area contributed by atoms with Crippen molar-refractivity contribution >= 4 is 17.0 Å². The van der Waals surface area contributed by atoms with Gasteiger partial charge in [-0.15, -0.1) is 0 Å². The zero-order valence-corrected chi connectivity index (χ0v) is 19.6. The van der Waals surface area contributed by atoms with Crippen molar-refractivity contribution in [2.75, 3.05) is 0 Å². The van der Waals surface area contributed by atoms with Crippen LogP contribution in [0.25, 0.3) is 22.2 Å². The Morgan fingerprint density at radius 2 is 1.82 bits per heavy atom. The molecule has 0 aliphatic rings. The van der Waals surface area contributed by atoms with Crippen LogP contribution in [0, 0.1) is 11.3 Å². The molecule has 0 spiro atoms. The van der Waals surface area contributed by atoms with E-state index >= 15 is 0 Å². The monoisotopic (exact) mass is 451 g/mol. The van der Waals surface area contributed by atoms with Crippen LogP contribution in [0.1, 0.15) is 78.3 Å².